The van der Waals surface area contributed by atoms with E-state index in [1.165, 1.54) is 27.8 Å². The summed E-state index contributed by atoms with van der Waals surface area (Å²) in [6.45, 7) is 4.38. The highest BCUT2D eigenvalue weighted by molar-refractivity contribution is 5.54. The van der Waals surface area contributed by atoms with Crippen molar-refractivity contribution < 1.29 is 0 Å². The fourth-order valence-corrected chi connectivity index (χ4v) is 3.87. The Morgan fingerprint density at radius 1 is 0.731 bits per heavy atom. The van der Waals surface area contributed by atoms with Gasteiger partial charge >= 0.3 is 0 Å². The quantitative estimate of drug-likeness (QED) is 0.459. The van der Waals surface area contributed by atoms with E-state index in [-0.39, 0.29) is 0 Å². The topological polar surface area (TPSA) is 17.8 Å². The smallest absolute Gasteiger partial charge is 0.121 e. The summed E-state index contributed by atoms with van der Waals surface area (Å²) in [5, 5.41) is 0. The van der Waals surface area contributed by atoms with E-state index in [0.717, 1.165) is 0 Å². The van der Waals surface area contributed by atoms with Gasteiger partial charge in [-0.15, -0.1) is 0 Å². The molecule has 26 heavy (non-hydrogen) atoms. The molecule has 128 valence electrons. The molecule has 0 aliphatic carbocycles. The van der Waals surface area contributed by atoms with Crippen LogP contribution in [0.2, 0.25) is 0 Å². The average Bonchev–Trinajstić information content (AvgIpc) is 3.22. The monoisotopic (exact) mass is 338 g/mol. The molecule has 0 fully saturated rings. The molecule has 0 bridgehead atoms. The van der Waals surface area contributed by atoms with Crippen LogP contribution in [0.4, 0.5) is 0 Å². The van der Waals surface area contributed by atoms with Crippen LogP contribution in [0.15, 0.2) is 97.6 Å². The number of imidazole rings is 1. The van der Waals surface area contributed by atoms with Crippen molar-refractivity contribution in [3.05, 3.63) is 125 Å². The lowest BCUT2D eigenvalue weighted by Crippen LogP contribution is -2.37. The van der Waals surface area contributed by atoms with E-state index < -0.39 is 5.54 Å². The fourth-order valence-electron chi connectivity index (χ4n) is 3.87. The summed E-state index contributed by atoms with van der Waals surface area (Å²) < 4.78 is 2.22. The molecule has 0 aliphatic rings. The van der Waals surface area contributed by atoms with Crippen molar-refractivity contribution in [1.29, 1.82) is 0 Å². The molecule has 2 nitrogen and oxygen atoms in total. The zero-order valence-electron chi connectivity index (χ0n) is 15.1. The van der Waals surface area contributed by atoms with Gasteiger partial charge in [-0.3, -0.25) is 0 Å². The normalized spacial score (nSPS) is 11.5. The Morgan fingerprint density at radius 2 is 1.35 bits per heavy atom. The highest BCUT2D eigenvalue weighted by atomic mass is 15.1. The number of nitrogens with zero attached hydrogens (tertiary/aromatic N) is 2. The molecule has 4 aromatic rings. The van der Waals surface area contributed by atoms with Gasteiger partial charge in [-0.2, -0.15) is 0 Å². The van der Waals surface area contributed by atoms with Crippen molar-refractivity contribution in [1.82, 2.24) is 9.55 Å². The summed E-state index contributed by atoms with van der Waals surface area (Å²) in [7, 11) is 0. The van der Waals surface area contributed by atoms with E-state index in [1.54, 1.807) is 0 Å². The summed E-state index contributed by atoms with van der Waals surface area (Å²) in [6, 6.07) is 27.9. The molecule has 1 heterocycles. The maximum Gasteiger partial charge on any atom is 0.121 e. The van der Waals surface area contributed by atoms with E-state index in [1.807, 2.05) is 12.5 Å². The molecule has 0 N–H and O–H groups in total. The Balaban J connectivity index is 2.17. The van der Waals surface area contributed by atoms with Gasteiger partial charge in [0.15, 0.2) is 0 Å². The largest absolute Gasteiger partial charge is 0.319 e. The molecular formula is C24H22N2. The van der Waals surface area contributed by atoms with E-state index in [4.69, 9.17) is 0 Å². The van der Waals surface area contributed by atoms with Gasteiger partial charge in [0, 0.05) is 12.4 Å². The second kappa shape index (κ2) is 6.64. The van der Waals surface area contributed by atoms with Crippen molar-refractivity contribution in [2.45, 2.75) is 19.4 Å². The van der Waals surface area contributed by atoms with Crippen LogP contribution in [-0.2, 0) is 5.54 Å². The van der Waals surface area contributed by atoms with Gasteiger partial charge in [-0.05, 0) is 41.7 Å². The van der Waals surface area contributed by atoms with E-state index >= 15 is 0 Å². The second-order valence-corrected chi connectivity index (χ2v) is 6.66. The highest BCUT2D eigenvalue weighted by Crippen LogP contribution is 2.42. The van der Waals surface area contributed by atoms with Crippen LogP contribution in [0.5, 0.6) is 0 Å². The molecule has 0 spiro atoms. The number of hydrogen-bond acceptors (Lipinski definition) is 1. The number of benzene rings is 3. The predicted octanol–water partition coefficient (Wildman–Crippen LogP) is 5.34. The van der Waals surface area contributed by atoms with Gasteiger partial charge in [-0.1, -0.05) is 78.9 Å². The molecule has 4 rings (SSSR count). The van der Waals surface area contributed by atoms with Crippen LogP contribution in [0.3, 0.4) is 0 Å². The average molecular weight is 338 g/mol. The first kappa shape index (κ1) is 16.3. The summed E-state index contributed by atoms with van der Waals surface area (Å²) in [5.41, 5.74) is 5.84. The van der Waals surface area contributed by atoms with Gasteiger partial charge < -0.3 is 4.57 Å². The highest BCUT2D eigenvalue weighted by Gasteiger charge is 2.39. The zero-order chi connectivity index (χ0) is 18.0. The first-order valence-electron chi connectivity index (χ1n) is 8.91. The number of aryl methyl sites for hydroxylation is 1. The van der Waals surface area contributed by atoms with Crippen molar-refractivity contribution in [2.75, 3.05) is 0 Å². The van der Waals surface area contributed by atoms with Crippen LogP contribution >= 0.6 is 0 Å². The Labute approximate surface area is 154 Å². The first-order chi connectivity index (χ1) is 12.7. The molecule has 0 radical (unpaired) electrons. The maximum atomic E-state index is 4.38. The zero-order valence-corrected chi connectivity index (χ0v) is 15.1. The van der Waals surface area contributed by atoms with Gasteiger partial charge in [0.2, 0.25) is 0 Å². The molecule has 1 aromatic heterocycles. The molecule has 0 saturated heterocycles. The third-order valence-corrected chi connectivity index (χ3v) is 5.27. The minimum atomic E-state index is -0.463. The van der Waals surface area contributed by atoms with Gasteiger partial charge in [-0.25, -0.2) is 4.98 Å². The third kappa shape index (κ3) is 2.46. The molecule has 3 aromatic carbocycles. The fraction of sp³-hybridized carbons (Fsp3) is 0.125. The van der Waals surface area contributed by atoms with Crippen molar-refractivity contribution in [3.8, 4) is 0 Å². The molecular weight excluding hydrogens is 316 g/mol. The lowest BCUT2D eigenvalue weighted by Gasteiger charge is -2.38. The third-order valence-electron chi connectivity index (χ3n) is 5.27. The Kier molecular flexibility index (Phi) is 4.18. The van der Waals surface area contributed by atoms with E-state index in [2.05, 4.69) is 108 Å². The molecule has 0 unspecified atom stereocenters. The van der Waals surface area contributed by atoms with Crippen molar-refractivity contribution >= 4 is 0 Å². The van der Waals surface area contributed by atoms with E-state index in [0.29, 0.717) is 0 Å². The van der Waals surface area contributed by atoms with Crippen LogP contribution in [-0.4, -0.2) is 9.55 Å². The number of aromatic nitrogens is 2. The first-order valence-corrected chi connectivity index (χ1v) is 8.91. The van der Waals surface area contributed by atoms with Crippen LogP contribution in [0, 0.1) is 13.8 Å². The standard InChI is InChI=1S/C24H22N2/c1-19-10-9-15-23(20(19)2)24(26-17-16-25-18-26,21-11-5-3-6-12-21)22-13-7-4-8-14-22/h3-18H,1-2H3. The predicted molar refractivity (Wildman–Crippen MR) is 106 cm³/mol. The number of rotatable bonds is 4. The number of hydrogen-bond donors (Lipinski definition) is 0. The second-order valence-electron chi connectivity index (χ2n) is 6.66. The summed E-state index contributed by atoms with van der Waals surface area (Å²) in [4.78, 5) is 4.38. The summed E-state index contributed by atoms with van der Waals surface area (Å²) in [6.07, 6.45) is 5.83. The molecule has 0 atom stereocenters. The minimum Gasteiger partial charge on any atom is -0.319 e. The molecule has 0 aliphatic heterocycles. The molecule has 0 saturated carbocycles. The van der Waals surface area contributed by atoms with E-state index in [9.17, 15) is 0 Å². The van der Waals surface area contributed by atoms with Crippen LogP contribution in [0.25, 0.3) is 0 Å². The summed E-state index contributed by atoms with van der Waals surface area (Å²) >= 11 is 0. The van der Waals surface area contributed by atoms with Crippen molar-refractivity contribution in [3.63, 3.8) is 0 Å². The SMILES string of the molecule is Cc1cccc(C(c2ccccc2)(c2ccccc2)n2ccnc2)c1C. The van der Waals surface area contributed by atoms with Crippen LogP contribution < -0.4 is 0 Å². The van der Waals surface area contributed by atoms with Gasteiger partial charge in [0.25, 0.3) is 0 Å². The maximum absolute atomic E-state index is 4.38. The molecule has 2 heteroatoms. The lowest BCUT2D eigenvalue weighted by atomic mass is 9.74. The van der Waals surface area contributed by atoms with Crippen molar-refractivity contribution in [2.24, 2.45) is 0 Å². The summed E-state index contributed by atoms with van der Waals surface area (Å²) in [5.74, 6) is 0. The van der Waals surface area contributed by atoms with Gasteiger partial charge in [0.1, 0.15) is 5.54 Å². The Bertz CT molecular complexity index is 948. The lowest BCUT2D eigenvalue weighted by molar-refractivity contribution is 0.511. The molecule has 0 amide bonds. The minimum absolute atomic E-state index is 0.463. The Morgan fingerprint density at radius 3 is 1.88 bits per heavy atom. The van der Waals surface area contributed by atoms with Crippen LogP contribution in [0.1, 0.15) is 27.8 Å². The van der Waals surface area contributed by atoms with Gasteiger partial charge in [0.05, 0.1) is 6.33 Å². The Hall–Kier alpha value is -3.13.